The molecule has 1 saturated carbocycles. The Morgan fingerprint density at radius 3 is 2.93 bits per heavy atom. The van der Waals surface area contributed by atoms with Crippen molar-refractivity contribution < 1.29 is 14.3 Å². The Kier molecular flexibility index (Phi) is 4.38. The van der Waals surface area contributed by atoms with Gasteiger partial charge in [-0.2, -0.15) is 5.10 Å². The van der Waals surface area contributed by atoms with E-state index < -0.39 is 0 Å². The largest absolute Gasteiger partial charge is 0.492 e. The number of ether oxygens (including phenoxy) is 2. The van der Waals surface area contributed by atoms with Gasteiger partial charge in [0, 0.05) is 38.0 Å². The summed E-state index contributed by atoms with van der Waals surface area (Å²) < 4.78 is 14.2. The number of nitrogens with zero attached hydrogens (tertiary/aromatic N) is 3. The Bertz CT molecular complexity index is 885. The molecule has 0 N–H and O–H groups in total. The quantitative estimate of drug-likeness (QED) is 0.744. The average molecular weight is 381 g/mol. The number of rotatable bonds is 5. The fourth-order valence-corrected chi connectivity index (χ4v) is 4.60. The summed E-state index contributed by atoms with van der Waals surface area (Å²) in [6.45, 7) is 2.60. The van der Waals surface area contributed by atoms with Gasteiger partial charge in [0.2, 0.25) is 0 Å². The molecule has 3 heterocycles. The van der Waals surface area contributed by atoms with E-state index in [1.807, 2.05) is 36.1 Å². The van der Waals surface area contributed by atoms with Crippen LogP contribution in [0.3, 0.4) is 0 Å². The van der Waals surface area contributed by atoms with Crippen molar-refractivity contribution in [2.75, 3.05) is 13.2 Å². The van der Waals surface area contributed by atoms with Crippen molar-refractivity contribution in [3.63, 3.8) is 0 Å². The molecule has 0 amide bonds. The lowest BCUT2D eigenvalue weighted by Crippen LogP contribution is -2.43. The highest BCUT2D eigenvalue weighted by Gasteiger charge is 2.41. The van der Waals surface area contributed by atoms with Gasteiger partial charge in [-0.1, -0.05) is 6.42 Å². The van der Waals surface area contributed by atoms with Crippen LogP contribution in [-0.4, -0.2) is 45.3 Å². The highest BCUT2D eigenvalue weighted by molar-refractivity contribution is 6.00. The summed E-state index contributed by atoms with van der Waals surface area (Å²) in [6.07, 6.45) is 9.98. The van der Waals surface area contributed by atoms with Crippen LogP contribution in [0.2, 0.25) is 0 Å². The fourth-order valence-electron chi connectivity index (χ4n) is 4.60. The number of hydrogen-bond donors (Lipinski definition) is 0. The summed E-state index contributed by atoms with van der Waals surface area (Å²) in [4.78, 5) is 15.0. The molecule has 0 bridgehead atoms. The van der Waals surface area contributed by atoms with Crippen molar-refractivity contribution in [2.24, 2.45) is 7.05 Å². The second-order valence-corrected chi connectivity index (χ2v) is 8.52. The van der Waals surface area contributed by atoms with E-state index in [2.05, 4.69) is 16.2 Å². The van der Waals surface area contributed by atoms with Crippen molar-refractivity contribution in [1.82, 2.24) is 14.7 Å². The SMILES string of the molecule is Cn1cc(CN2CC2COc2ccc3c(c2)OC2(CCCCC2)CC3=O)cn1. The minimum absolute atomic E-state index is 0.208. The van der Waals surface area contributed by atoms with Gasteiger partial charge in [0.25, 0.3) is 0 Å². The third kappa shape index (κ3) is 3.53. The van der Waals surface area contributed by atoms with Gasteiger partial charge in [-0.3, -0.25) is 14.4 Å². The van der Waals surface area contributed by atoms with Gasteiger partial charge < -0.3 is 9.47 Å². The van der Waals surface area contributed by atoms with Crippen molar-refractivity contribution >= 4 is 5.78 Å². The molecule has 1 aromatic heterocycles. The molecular formula is C22H27N3O3. The zero-order chi connectivity index (χ0) is 19.1. The standard InChI is InChI=1S/C22H27N3O3/c1-24-12-16(11-23-24)13-25-14-17(25)15-27-18-5-6-19-20(26)10-22(28-21(19)9-18)7-3-2-4-8-22/h5-6,9,11-12,17H,2-4,7-8,10,13-15H2,1H3. The van der Waals surface area contributed by atoms with Gasteiger partial charge in [0.05, 0.1) is 24.2 Å². The van der Waals surface area contributed by atoms with Crippen LogP contribution in [0.1, 0.15) is 54.4 Å². The maximum absolute atomic E-state index is 12.6. The van der Waals surface area contributed by atoms with E-state index in [-0.39, 0.29) is 11.4 Å². The van der Waals surface area contributed by atoms with E-state index >= 15 is 0 Å². The van der Waals surface area contributed by atoms with Gasteiger partial charge in [0.1, 0.15) is 23.7 Å². The van der Waals surface area contributed by atoms with Crippen LogP contribution in [0.4, 0.5) is 0 Å². The van der Waals surface area contributed by atoms with Gasteiger partial charge in [-0.05, 0) is 37.8 Å². The molecule has 2 atom stereocenters. The molecular weight excluding hydrogens is 354 g/mol. The first-order valence-corrected chi connectivity index (χ1v) is 10.3. The van der Waals surface area contributed by atoms with Crippen LogP contribution in [0.15, 0.2) is 30.6 Å². The van der Waals surface area contributed by atoms with Crippen LogP contribution in [0, 0.1) is 0 Å². The summed E-state index contributed by atoms with van der Waals surface area (Å²) in [5, 5.41) is 4.22. The molecule has 2 aromatic rings. The summed E-state index contributed by atoms with van der Waals surface area (Å²) >= 11 is 0. The second kappa shape index (κ2) is 6.92. The van der Waals surface area contributed by atoms with E-state index in [9.17, 15) is 4.79 Å². The second-order valence-electron chi connectivity index (χ2n) is 8.52. The number of benzene rings is 1. The number of carbonyl (C=O) groups excluding carboxylic acids is 1. The lowest BCUT2D eigenvalue weighted by Gasteiger charge is -2.40. The average Bonchev–Trinajstić information content (AvgIpc) is 3.29. The van der Waals surface area contributed by atoms with E-state index in [1.165, 1.54) is 12.0 Å². The van der Waals surface area contributed by atoms with Crippen LogP contribution in [0.25, 0.3) is 0 Å². The molecule has 0 radical (unpaired) electrons. The van der Waals surface area contributed by atoms with Crippen LogP contribution in [-0.2, 0) is 13.6 Å². The third-order valence-electron chi connectivity index (χ3n) is 6.24. The topological polar surface area (TPSA) is 56.4 Å². The van der Waals surface area contributed by atoms with Crippen LogP contribution < -0.4 is 9.47 Å². The molecule has 1 spiro atoms. The van der Waals surface area contributed by atoms with E-state index in [0.717, 1.165) is 44.5 Å². The Morgan fingerprint density at radius 2 is 2.14 bits per heavy atom. The normalized spacial score (nSPS) is 25.2. The Morgan fingerprint density at radius 1 is 1.29 bits per heavy atom. The van der Waals surface area contributed by atoms with E-state index in [4.69, 9.17) is 9.47 Å². The molecule has 148 valence electrons. The van der Waals surface area contributed by atoms with Crippen LogP contribution in [0.5, 0.6) is 11.5 Å². The summed E-state index contributed by atoms with van der Waals surface area (Å²) in [5.74, 6) is 1.70. The van der Waals surface area contributed by atoms with Gasteiger partial charge in [-0.15, -0.1) is 0 Å². The third-order valence-corrected chi connectivity index (χ3v) is 6.24. The summed E-state index contributed by atoms with van der Waals surface area (Å²) in [7, 11) is 1.94. The van der Waals surface area contributed by atoms with Crippen molar-refractivity contribution in [3.05, 3.63) is 41.7 Å². The molecule has 2 aliphatic heterocycles. The number of ketones is 1. The number of aryl methyl sites for hydroxylation is 1. The monoisotopic (exact) mass is 381 g/mol. The van der Waals surface area contributed by atoms with Crippen molar-refractivity contribution in [1.29, 1.82) is 0 Å². The number of carbonyl (C=O) groups is 1. The molecule has 1 aromatic carbocycles. The van der Waals surface area contributed by atoms with Crippen molar-refractivity contribution in [2.45, 2.75) is 56.7 Å². The maximum Gasteiger partial charge on any atom is 0.170 e. The molecule has 1 saturated heterocycles. The number of hydrogen-bond acceptors (Lipinski definition) is 5. The Hall–Kier alpha value is -2.34. The minimum Gasteiger partial charge on any atom is -0.492 e. The highest BCUT2D eigenvalue weighted by Crippen LogP contribution is 2.42. The fraction of sp³-hybridized carbons (Fsp3) is 0.545. The maximum atomic E-state index is 12.6. The molecule has 1 aliphatic carbocycles. The lowest BCUT2D eigenvalue weighted by molar-refractivity contribution is 0.0134. The molecule has 5 rings (SSSR count). The molecule has 2 unspecified atom stereocenters. The molecule has 6 nitrogen and oxygen atoms in total. The van der Waals surface area contributed by atoms with Gasteiger partial charge in [-0.25, -0.2) is 0 Å². The number of aromatic nitrogens is 2. The number of Topliss-reactive ketones (excluding diaryl/α,β-unsaturated/α-hetero) is 1. The van der Waals surface area contributed by atoms with E-state index in [1.54, 1.807) is 0 Å². The highest BCUT2D eigenvalue weighted by atomic mass is 16.5. The number of fused-ring (bicyclic) bond motifs is 1. The van der Waals surface area contributed by atoms with Crippen molar-refractivity contribution in [3.8, 4) is 11.5 Å². The summed E-state index contributed by atoms with van der Waals surface area (Å²) in [6, 6.07) is 6.11. The first-order valence-electron chi connectivity index (χ1n) is 10.3. The van der Waals surface area contributed by atoms with Gasteiger partial charge in [0.15, 0.2) is 5.78 Å². The van der Waals surface area contributed by atoms with Crippen LogP contribution >= 0.6 is 0 Å². The van der Waals surface area contributed by atoms with E-state index in [0.29, 0.717) is 30.4 Å². The Labute approximate surface area is 165 Å². The first-order chi connectivity index (χ1) is 13.6. The lowest BCUT2D eigenvalue weighted by atomic mass is 9.78. The molecule has 28 heavy (non-hydrogen) atoms. The smallest absolute Gasteiger partial charge is 0.170 e. The van der Waals surface area contributed by atoms with Gasteiger partial charge >= 0.3 is 0 Å². The zero-order valence-electron chi connectivity index (χ0n) is 16.4. The summed E-state index contributed by atoms with van der Waals surface area (Å²) in [5.41, 5.74) is 1.65. The first kappa shape index (κ1) is 17.7. The predicted molar refractivity (Wildman–Crippen MR) is 105 cm³/mol. The minimum atomic E-state index is -0.280. The molecule has 6 heteroatoms. The Balaban J connectivity index is 1.21. The zero-order valence-corrected chi connectivity index (χ0v) is 16.4. The molecule has 2 fully saturated rings. The molecule has 3 aliphatic rings. The predicted octanol–water partition coefficient (Wildman–Crippen LogP) is 3.35.